The highest BCUT2D eigenvalue weighted by Crippen LogP contribution is 2.54. The maximum Gasteiger partial charge on any atom is 0.422 e. The predicted molar refractivity (Wildman–Crippen MR) is 338 cm³/mol. The van der Waals surface area contributed by atoms with Gasteiger partial charge >= 0.3 is 6.18 Å². The van der Waals surface area contributed by atoms with Crippen LogP contribution < -0.4 is 26.5 Å². The smallest absolute Gasteiger partial charge is 0.288 e. The van der Waals surface area contributed by atoms with Crippen molar-refractivity contribution in [3.63, 3.8) is 0 Å². The van der Waals surface area contributed by atoms with Gasteiger partial charge in [0.15, 0.2) is 209 Å². The Bertz CT molecular complexity index is 6790. The number of nitrogens with one attached hydrogen (secondary N) is 1. The van der Waals surface area contributed by atoms with Crippen LogP contribution in [0.3, 0.4) is 0 Å². The van der Waals surface area contributed by atoms with Crippen LogP contribution in [0, 0.1) is 227 Å². The van der Waals surface area contributed by atoms with Crippen molar-refractivity contribution in [2.45, 2.75) is 12.6 Å². The molecule has 0 bridgehead atoms. The molecule has 1 fully saturated rings. The van der Waals surface area contributed by atoms with E-state index < -0.39 is 402 Å². The van der Waals surface area contributed by atoms with Crippen molar-refractivity contribution in [2.75, 3.05) is 12.7 Å². The van der Waals surface area contributed by atoms with E-state index in [1.165, 1.54) is 0 Å². The molecule has 1 heterocycles. The SMILES string of the molecule is Fc1c(F)c2c(F)c(F)c3c(F)c(F)c([B-](c4c(F)c(F)c5c(F)c(F)c6c(F)c(F)c(F)c7c(F)c(F)c4c5c67)(c4c(F)c(F)c5c(F)c(F)c6c(F)c(F)c(F)c7c(F)c(F)c4c5c67)c4c(F)c(F)c5c(F)c(F)c6c(F)c(F)c(F)c7c(F)c(F)c4c5c67)c4c(F)c(F)c(c1F)c2c34.Fc1cc([NH+]2CCCP2)c(F)c(C(F)(F)F)c1F. The average Bonchev–Trinajstić information content (AvgIpc) is 0.838. The van der Waals surface area contributed by atoms with Gasteiger partial charge in [-0.05, 0) is 21.5 Å². The van der Waals surface area contributed by atoms with Crippen LogP contribution in [0.15, 0.2) is 6.07 Å². The van der Waals surface area contributed by atoms with Crippen molar-refractivity contribution in [3.8, 4) is 0 Å². The van der Waals surface area contributed by atoms with Crippen LogP contribution in [0.5, 0.6) is 0 Å². The number of alkyl halides is 3. The third kappa shape index (κ3) is 9.29. The summed E-state index contributed by atoms with van der Waals surface area (Å²) >= 11 is 0. The van der Waals surface area contributed by atoms with Gasteiger partial charge < -0.3 is 0 Å². The highest BCUT2D eigenvalue weighted by Gasteiger charge is 2.54. The molecule has 1 aliphatic rings. The van der Waals surface area contributed by atoms with E-state index >= 15 is 158 Å². The molecule has 0 aromatic heterocycles. The van der Waals surface area contributed by atoms with Crippen LogP contribution in [-0.2, 0) is 6.18 Å². The van der Waals surface area contributed by atoms with Gasteiger partial charge in [-0.25, -0.2) is 167 Å². The summed E-state index contributed by atoms with van der Waals surface area (Å²) in [6, 6.07) is 0.521. The summed E-state index contributed by atoms with van der Waals surface area (Å²) in [4.78, 5) is 0. The van der Waals surface area contributed by atoms with Gasteiger partial charge in [0.25, 0.3) is 0 Å². The molecule has 45 heteroatoms. The minimum absolute atomic E-state index is 0.167. The Balaban J connectivity index is 0.000000497. The standard InChI is InChI=1S/C64BF36.C10H8F6NP/c66-29-9-1-5-17(33(29)70)49(86)61(98)53(90)21(5)41(78)37(74)13(1)45(82)57(94)25(9)65(26-10-2-6-18(34(71)30(10)67)50(87)62(99)54(91)22(6)42(79)38(75)14(2)46(83)58(26)95,27-11-3-7-19(35(72)31(11)68)51(88)63(100)55(92)23(7)43(80)39(76)15(3)47(84)59(27)96)28-12-4-8-20(36(73)32(12)69)52(89)64(101)56(93)24(8)44(81)40(77)16(4)48(85)60(28)97;11-5-4-6(17-2-1-3-18-17)9(13)7(8(5)12)10(14,15)16/h;4,18H,1-3H2/q-1;/p+1. The number of quaternary nitrogens is 1. The fraction of sp³-hybridized carbons (Fsp3) is 0.0541. The van der Waals surface area contributed by atoms with Crippen LogP contribution in [0.1, 0.15) is 12.0 Å². The lowest BCUT2D eigenvalue weighted by molar-refractivity contribution is -0.681. The minimum atomic E-state index is -8.50. The van der Waals surface area contributed by atoms with Crippen LogP contribution in [0.2, 0.25) is 0 Å². The number of rotatable bonds is 5. The van der Waals surface area contributed by atoms with E-state index in [4.69, 9.17) is 0 Å². The molecule has 1 nitrogen and oxygen atoms in total. The lowest BCUT2D eigenvalue weighted by Gasteiger charge is -2.48. The van der Waals surface area contributed by atoms with E-state index in [1.807, 2.05) is 0 Å². The van der Waals surface area contributed by atoms with Crippen LogP contribution in [0.4, 0.5) is 190 Å². The van der Waals surface area contributed by atoms with E-state index in [2.05, 4.69) is 0 Å². The molecule has 0 radical (unpaired) electrons. The van der Waals surface area contributed by atoms with E-state index in [-0.39, 0.29) is 8.73 Å². The Labute approximate surface area is 623 Å². The molecule has 612 valence electrons. The maximum atomic E-state index is 19.3. The Hall–Kier alpha value is -11.6. The van der Waals surface area contributed by atoms with E-state index in [0.29, 0.717) is 17.3 Å². The highest BCUT2D eigenvalue weighted by molar-refractivity contribution is 7.30. The first-order valence-corrected chi connectivity index (χ1v) is 33.3. The number of hydrogen-bond acceptors (Lipinski definition) is 0. The number of hydrogen-bond donors (Lipinski definition) is 1. The first kappa shape index (κ1) is 79.9. The highest BCUT2D eigenvalue weighted by atomic mass is 31.1. The van der Waals surface area contributed by atoms with E-state index in [0.717, 1.165) is 12.6 Å². The molecule has 0 spiro atoms. The molecule has 1 aliphatic heterocycles. The van der Waals surface area contributed by atoms with Crippen LogP contribution >= 0.6 is 8.73 Å². The largest absolute Gasteiger partial charge is 0.422 e. The van der Waals surface area contributed by atoms with Gasteiger partial charge in [-0.15, -0.1) is 21.9 Å². The Morgan fingerprint density at radius 2 is 0.370 bits per heavy atom. The molecule has 0 aliphatic carbocycles. The van der Waals surface area contributed by atoms with Crippen LogP contribution in [0.25, 0.3) is 129 Å². The lowest BCUT2D eigenvalue weighted by atomic mass is 9.11. The zero-order chi connectivity index (χ0) is 87.0. The first-order valence-electron chi connectivity index (χ1n) is 32.1. The molecule has 0 amide bonds. The van der Waals surface area contributed by atoms with Gasteiger partial charge in [0, 0.05) is 61.7 Å². The summed E-state index contributed by atoms with van der Waals surface area (Å²) in [5.74, 6) is -135. The Kier molecular flexibility index (Phi) is 17.1. The summed E-state index contributed by atoms with van der Waals surface area (Å²) in [7, 11) is 0.167. The van der Waals surface area contributed by atoms with Crippen molar-refractivity contribution < 1.29 is 189 Å². The van der Waals surface area contributed by atoms with Crippen molar-refractivity contribution in [3.05, 3.63) is 239 Å². The molecule has 17 aromatic carbocycles. The number of benzene rings is 17. The van der Waals surface area contributed by atoms with Crippen LogP contribution in [-0.4, -0.2) is 18.9 Å². The molecule has 2 unspecified atom stereocenters. The molecule has 1 saturated heterocycles. The third-order valence-electron chi connectivity index (χ3n) is 21.5. The Morgan fingerprint density at radius 3 is 0.546 bits per heavy atom. The fourth-order valence-electron chi connectivity index (χ4n) is 17.0. The second kappa shape index (κ2) is 25.5. The molecule has 2 atom stereocenters. The summed E-state index contributed by atoms with van der Waals surface area (Å²) in [6.45, 7) is 0.428. The van der Waals surface area contributed by atoms with Crippen molar-refractivity contribution in [1.82, 2.24) is 0 Å². The summed E-state index contributed by atoms with van der Waals surface area (Å²) in [5.41, 5.74) is -18.5. The topological polar surface area (TPSA) is 4.44 Å². The summed E-state index contributed by atoms with van der Waals surface area (Å²) in [6.07, 6.45) is -12.3. The van der Waals surface area contributed by atoms with Gasteiger partial charge in [-0.3, -0.25) is 4.67 Å². The van der Waals surface area contributed by atoms with E-state index in [9.17, 15) is 26.3 Å². The zero-order valence-corrected chi connectivity index (χ0v) is 56.2. The lowest BCUT2D eigenvalue weighted by Crippen LogP contribution is -2.97. The Morgan fingerprint density at radius 1 is 0.202 bits per heavy atom. The van der Waals surface area contributed by atoms with Crippen molar-refractivity contribution >= 4 is 172 Å². The summed E-state index contributed by atoms with van der Waals surface area (Å²) in [5, 5.41) is -71.3. The molecule has 1 N–H and O–H groups in total. The van der Waals surface area contributed by atoms with Gasteiger partial charge in [0.2, 0.25) is 0 Å². The second-order valence-electron chi connectivity index (χ2n) is 26.7. The molecular weight excluding hydrogens is 1740 g/mol. The normalized spacial score (nSPS) is 14.3. The molecular formula is C74H9BF42NP. The monoisotopic (exact) mass is 1750 g/mol. The van der Waals surface area contributed by atoms with Crippen molar-refractivity contribution in [2.24, 2.45) is 0 Å². The third-order valence-corrected chi connectivity index (χ3v) is 23.0. The van der Waals surface area contributed by atoms with Gasteiger partial charge in [-0.2, -0.15) is 17.6 Å². The van der Waals surface area contributed by atoms with Gasteiger partial charge in [0.1, 0.15) is 35.0 Å². The first-order chi connectivity index (χ1) is 55.6. The molecule has 119 heavy (non-hydrogen) atoms. The van der Waals surface area contributed by atoms with E-state index in [1.54, 1.807) is 0 Å². The number of halogens is 42. The van der Waals surface area contributed by atoms with Gasteiger partial charge in [-0.1, -0.05) is 0 Å². The maximum absolute atomic E-state index is 19.3. The second-order valence-corrected chi connectivity index (χ2v) is 28.2. The summed E-state index contributed by atoms with van der Waals surface area (Å²) < 4.78 is 699. The molecule has 17 aromatic rings. The average molecular weight is 1750 g/mol. The molecule has 18 rings (SSSR count). The minimum Gasteiger partial charge on any atom is -0.288 e. The fourth-order valence-corrected chi connectivity index (χ4v) is 18.4. The molecule has 0 saturated carbocycles. The van der Waals surface area contributed by atoms with Crippen molar-refractivity contribution in [1.29, 1.82) is 0 Å². The zero-order valence-electron chi connectivity index (χ0n) is 55.2. The predicted octanol–water partition coefficient (Wildman–Crippen LogP) is 22.3. The quantitative estimate of drug-likeness (QED) is 0.0437. The van der Waals surface area contributed by atoms with Gasteiger partial charge in [0.05, 0.1) is 79.9 Å².